The Hall–Kier alpha value is -2.20. The van der Waals surface area contributed by atoms with Crippen LogP contribution in [0, 0.1) is 6.92 Å². The lowest BCUT2D eigenvalue weighted by molar-refractivity contribution is 0.0597. The van der Waals surface area contributed by atoms with Crippen molar-refractivity contribution < 1.29 is 13.9 Å². The molecule has 0 spiro atoms. The van der Waals surface area contributed by atoms with Crippen molar-refractivity contribution in [1.29, 1.82) is 0 Å². The number of furan rings is 1. The molecule has 106 valence electrons. The van der Waals surface area contributed by atoms with Crippen LogP contribution in [-0.2, 0) is 4.74 Å². The van der Waals surface area contributed by atoms with Gasteiger partial charge in [-0.15, -0.1) is 0 Å². The van der Waals surface area contributed by atoms with Gasteiger partial charge in [0.2, 0.25) is 0 Å². The lowest BCUT2D eigenvalue weighted by Gasteiger charge is -2.06. The number of benzene rings is 2. The van der Waals surface area contributed by atoms with E-state index < -0.39 is 0 Å². The molecule has 3 rings (SSSR count). The second kappa shape index (κ2) is 5.66. The van der Waals surface area contributed by atoms with E-state index in [1.165, 1.54) is 18.9 Å². The van der Waals surface area contributed by atoms with Crippen molar-refractivity contribution in [2.75, 3.05) is 7.11 Å². The first-order valence-corrected chi connectivity index (χ1v) is 7.35. The lowest BCUT2D eigenvalue weighted by Crippen LogP contribution is -2.02. The molecule has 0 amide bonds. The molecule has 3 aromatic rings. The first-order valence-electron chi connectivity index (χ1n) is 6.54. The smallest absolute Gasteiger partial charge is 0.339 e. The van der Waals surface area contributed by atoms with Crippen molar-refractivity contribution in [2.45, 2.75) is 16.7 Å². The minimum atomic E-state index is -0.330. The van der Waals surface area contributed by atoms with E-state index in [0.29, 0.717) is 5.56 Å². The molecule has 0 saturated heterocycles. The summed E-state index contributed by atoms with van der Waals surface area (Å²) >= 11 is 1.53. The average Bonchev–Trinajstić information content (AvgIpc) is 2.83. The van der Waals surface area contributed by atoms with Gasteiger partial charge in [0, 0.05) is 10.3 Å². The van der Waals surface area contributed by atoms with Gasteiger partial charge in [0.05, 0.1) is 17.6 Å². The van der Waals surface area contributed by atoms with Crippen molar-refractivity contribution in [3.05, 3.63) is 59.9 Å². The molecule has 4 heteroatoms. The highest BCUT2D eigenvalue weighted by Gasteiger charge is 2.16. The summed E-state index contributed by atoms with van der Waals surface area (Å²) < 4.78 is 10.6. The monoisotopic (exact) mass is 298 g/mol. The predicted octanol–water partition coefficient (Wildman–Crippen LogP) is 4.68. The van der Waals surface area contributed by atoms with Gasteiger partial charge in [-0.05, 0) is 31.2 Å². The minimum absolute atomic E-state index is 0.330. The number of aryl methyl sites for hydroxylation is 1. The van der Waals surface area contributed by atoms with Crippen LogP contribution in [0.4, 0.5) is 0 Å². The van der Waals surface area contributed by atoms with Crippen LogP contribution in [0.15, 0.2) is 62.7 Å². The molecule has 0 radical (unpaired) electrons. The van der Waals surface area contributed by atoms with Gasteiger partial charge < -0.3 is 9.15 Å². The van der Waals surface area contributed by atoms with Gasteiger partial charge in [-0.1, -0.05) is 36.0 Å². The maximum Gasteiger partial charge on any atom is 0.339 e. The summed E-state index contributed by atoms with van der Waals surface area (Å²) in [5, 5.41) is 1.06. The van der Waals surface area contributed by atoms with Crippen molar-refractivity contribution in [2.24, 2.45) is 0 Å². The maximum absolute atomic E-state index is 11.9. The zero-order chi connectivity index (χ0) is 14.8. The third-order valence-electron chi connectivity index (χ3n) is 3.22. The van der Waals surface area contributed by atoms with Crippen LogP contribution in [-0.4, -0.2) is 13.1 Å². The molecule has 0 unspecified atom stereocenters. The van der Waals surface area contributed by atoms with Crippen LogP contribution in [0.25, 0.3) is 11.0 Å². The van der Waals surface area contributed by atoms with Gasteiger partial charge >= 0.3 is 5.97 Å². The van der Waals surface area contributed by atoms with Gasteiger partial charge in [0.25, 0.3) is 0 Å². The molecule has 1 aromatic heterocycles. The molecule has 0 aliphatic rings. The highest BCUT2D eigenvalue weighted by molar-refractivity contribution is 7.99. The zero-order valence-corrected chi connectivity index (χ0v) is 12.6. The SMILES string of the molecule is COC(=O)c1ccccc1Sc1c(C)oc2ccccc12. The summed E-state index contributed by atoms with van der Waals surface area (Å²) in [5.41, 5.74) is 1.42. The minimum Gasteiger partial charge on any atom is -0.465 e. The Balaban J connectivity index is 2.07. The fourth-order valence-corrected chi connectivity index (χ4v) is 3.31. The molecule has 0 fully saturated rings. The molecule has 0 saturated carbocycles. The Kier molecular flexibility index (Phi) is 3.71. The number of fused-ring (bicyclic) bond motifs is 1. The summed E-state index contributed by atoms with van der Waals surface area (Å²) in [6.07, 6.45) is 0. The third kappa shape index (κ3) is 2.54. The molecule has 0 bridgehead atoms. The number of esters is 1. The number of carbonyl (C=O) groups excluding carboxylic acids is 1. The van der Waals surface area contributed by atoms with Crippen LogP contribution in [0.1, 0.15) is 16.1 Å². The van der Waals surface area contributed by atoms with E-state index in [4.69, 9.17) is 9.15 Å². The second-order valence-corrected chi connectivity index (χ2v) is 5.63. The molecule has 3 nitrogen and oxygen atoms in total. The number of rotatable bonds is 3. The third-order valence-corrected chi connectivity index (χ3v) is 4.51. The quantitative estimate of drug-likeness (QED) is 0.658. The number of ether oxygens (including phenoxy) is 1. The lowest BCUT2D eigenvalue weighted by atomic mass is 10.2. The topological polar surface area (TPSA) is 39.4 Å². The Morgan fingerprint density at radius 1 is 1.10 bits per heavy atom. The molecular weight excluding hydrogens is 284 g/mol. The van der Waals surface area contributed by atoms with E-state index in [2.05, 4.69) is 0 Å². The molecule has 0 atom stereocenters. The highest BCUT2D eigenvalue weighted by atomic mass is 32.2. The number of methoxy groups -OCH3 is 1. The van der Waals surface area contributed by atoms with E-state index in [1.807, 2.05) is 49.4 Å². The van der Waals surface area contributed by atoms with Gasteiger partial charge in [-0.25, -0.2) is 4.79 Å². The van der Waals surface area contributed by atoms with Crippen molar-refractivity contribution >= 4 is 28.7 Å². The van der Waals surface area contributed by atoms with E-state index in [-0.39, 0.29) is 5.97 Å². The highest BCUT2D eigenvalue weighted by Crippen LogP contribution is 2.39. The first-order chi connectivity index (χ1) is 10.2. The van der Waals surface area contributed by atoms with Crippen LogP contribution in [0.2, 0.25) is 0 Å². The standard InChI is InChI=1S/C17H14O3S/c1-11-16(12-7-3-5-9-14(12)20-11)21-15-10-6-4-8-13(15)17(18)19-2/h3-10H,1-2H3. The zero-order valence-electron chi connectivity index (χ0n) is 11.8. The summed E-state index contributed by atoms with van der Waals surface area (Å²) in [7, 11) is 1.39. The Bertz CT molecular complexity index is 805. The molecule has 0 aliphatic heterocycles. The summed E-state index contributed by atoms with van der Waals surface area (Å²) in [6.45, 7) is 1.93. The fourth-order valence-electron chi connectivity index (χ4n) is 2.22. The van der Waals surface area contributed by atoms with E-state index in [1.54, 1.807) is 6.07 Å². The van der Waals surface area contributed by atoms with Crippen LogP contribution in [0.3, 0.4) is 0 Å². The fraction of sp³-hybridized carbons (Fsp3) is 0.118. The Morgan fingerprint density at radius 2 is 1.81 bits per heavy atom. The van der Waals surface area contributed by atoms with Gasteiger partial charge in [0.15, 0.2) is 0 Å². The van der Waals surface area contributed by atoms with Crippen molar-refractivity contribution in [3.63, 3.8) is 0 Å². The normalized spacial score (nSPS) is 10.8. The molecule has 0 N–H and O–H groups in total. The Labute approximate surface area is 126 Å². The number of para-hydroxylation sites is 1. The number of carbonyl (C=O) groups is 1. The second-order valence-electron chi connectivity index (χ2n) is 4.57. The van der Waals surface area contributed by atoms with E-state index in [0.717, 1.165) is 26.5 Å². The van der Waals surface area contributed by atoms with E-state index in [9.17, 15) is 4.79 Å². The van der Waals surface area contributed by atoms with Gasteiger partial charge in [0.1, 0.15) is 11.3 Å². The molecular formula is C17H14O3S. The van der Waals surface area contributed by atoms with E-state index >= 15 is 0 Å². The largest absolute Gasteiger partial charge is 0.465 e. The predicted molar refractivity (Wildman–Crippen MR) is 82.9 cm³/mol. The van der Waals surface area contributed by atoms with Crippen LogP contribution in [0.5, 0.6) is 0 Å². The number of hydrogen-bond donors (Lipinski definition) is 0. The van der Waals surface area contributed by atoms with Crippen molar-refractivity contribution in [1.82, 2.24) is 0 Å². The Morgan fingerprint density at radius 3 is 2.62 bits per heavy atom. The summed E-state index contributed by atoms with van der Waals surface area (Å²) in [6, 6.07) is 15.3. The van der Waals surface area contributed by atoms with Gasteiger partial charge in [-0.2, -0.15) is 0 Å². The maximum atomic E-state index is 11.9. The van der Waals surface area contributed by atoms with Crippen molar-refractivity contribution in [3.8, 4) is 0 Å². The molecule has 1 heterocycles. The summed E-state index contributed by atoms with van der Waals surface area (Å²) in [5.74, 6) is 0.518. The number of hydrogen-bond acceptors (Lipinski definition) is 4. The van der Waals surface area contributed by atoms with Crippen LogP contribution < -0.4 is 0 Å². The van der Waals surface area contributed by atoms with Crippen LogP contribution >= 0.6 is 11.8 Å². The van der Waals surface area contributed by atoms with Gasteiger partial charge in [-0.3, -0.25) is 0 Å². The summed E-state index contributed by atoms with van der Waals surface area (Å²) in [4.78, 5) is 13.7. The molecule has 2 aromatic carbocycles. The average molecular weight is 298 g/mol. The molecule has 0 aliphatic carbocycles. The molecule has 21 heavy (non-hydrogen) atoms. The first kappa shape index (κ1) is 13.8.